The Morgan fingerprint density at radius 2 is 1.70 bits per heavy atom. The van der Waals surface area contributed by atoms with E-state index in [4.69, 9.17) is 5.26 Å². The number of nitriles is 1. The number of rotatable bonds is 6. The minimum absolute atomic E-state index is 0.0346. The van der Waals surface area contributed by atoms with Crippen molar-refractivity contribution in [2.45, 2.75) is 26.7 Å². The van der Waals surface area contributed by atoms with Gasteiger partial charge in [-0.2, -0.15) is 5.26 Å². The smallest absolute Gasteiger partial charge is 0.323 e. The molecule has 2 aromatic carbocycles. The van der Waals surface area contributed by atoms with Crippen molar-refractivity contribution >= 4 is 29.0 Å². The van der Waals surface area contributed by atoms with Crippen LogP contribution in [0.25, 0.3) is 0 Å². The van der Waals surface area contributed by atoms with Crippen LogP contribution in [0.15, 0.2) is 42.5 Å². The molecule has 1 saturated heterocycles. The summed E-state index contributed by atoms with van der Waals surface area (Å²) in [5.74, 6) is -0.0346. The highest BCUT2D eigenvalue weighted by Crippen LogP contribution is 2.29. The van der Waals surface area contributed by atoms with Gasteiger partial charge in [-0.3, -0.25) is 4.79 Å². The second kappa shape index (κ2) is 9.79. The second-order valence-electron chi connectivity index (χ2n) is 7.18. The first-order chi connectivity index (χ1) is 14.5. The lowest BCUT2D eigenvalue weighted by molar-refractivity contribution is 0.0773. The first-order valence-corrected chi connectivity index (χ1v) is 10.3. The van der Waals surface area contributed by atoms with E-state index in [0.29, 0.717) is 35.6 Å². The van der Waals surface area contributed by atoms with Crippen molar-refractivity contribution in [3.63, 3.8) is 0 Å². The van der Waals surface area contributed by atoms with Gasteiger partial charge >= 0.3 is 6.03 Å². The van der Waals surface area contributed by atoms with E-state index in [-0.39, 0.29) is 5.91 Å². The highest BCUT2D eigenvalue weighted by atomic mass is 16.2. The van der Waals surface area contributed by atoms with Crippen molar-refractivity contribution in [2.24, 2.45) is 0 Å². The number of urea groups is 1. The molecule has 1 heterocycles. The average molecular weight is 406 g/mol. The first-order valence-electron chi connectivity index (χ1n) is 10.3. The fraction of sp³-hybridized carbons (Fsp3) is 0.348. The largest absolute Gasteiger partial charge is 0.371 e. The number of carbonyl (C=O) groups is 2. The molecular formula is C23H27N5O2. The molecule has 0 unspecified atom stereocenters. The van der Waals surface area contributed by atoms with Crippen molar-refractivity contribution in [3.05, 3.63) is 53.6 Å². The van der Waals surface area contributed by atoms with Crippen molar-refractivity contribution in [2.75, 3.05) is 41.7 Å². The van der Waals surface area contributed by atoms with Gasteiger partial charge in [0.15, 0.2) is 0 Å². The maximum absolute atomic E-state index is 13.1. The Kier molecular flexibility index (Phi) is 6.91. The molecule has 3 rings (SSSR count). The summed E-state index contributed by atoms with van der Waals surface area (Å²) in [6, 6.07) is 13.8. The SMILES string of the molecule is CCN(CC)C(=O)c1cc(NC(=O)Nc2cccc(C#N)c2)ccc1N1CCCC1. The molecule has 1 aliphatic rings. The maximum atomic E-state index is 13.1. The third-order valence-electron chi connectivity index (χ3n) is 5.23. The molecule has 3 amide bonds. The number of carbonyl (C=O) groups excluding carboxylic acids is 2. The molecule has 0 radical (unpaired) electrons. The van der Waals surface area contributed by atoms with E-state index < -0.39 is 6.03 Å². The first kappa shape index (κ1) is 21.2. The third-order valence-corrected chi connectivity index (χ3v) is 5.23. The number of benzene rings is 2. The molecule has 0 aromatic heterocycles. The molecule has 156 valence electrons. The molecule has 7 nitrogen and oxygen atoms in total. The fourth-order valence-electron chi connectivity index (χ4n) is 3.66. The summed E-state index contributed by atoms with van der Waals surface area (Å²) in [5.41, 5.74) is 3.05. The molecule has 0 aliphatic carbocycles. The van der Waals surface area contributed by atoms with Crippen LogP contribution in [0.2, 0.25) is 0 Å². The number of hydrogen-bond donors (Lipinski definition) is 2. The average Bonchev–Trinajstić information content (AvgIpc) is 3.29. The van der Waals surface area contributed by atoms with Crippen LogP contribution in [0.5, 0.6) is 0 Å². The minimum Gasteiger partial charge on any atom is -0.371 e. The van der Waals surface area contributed by atoms with Crippen molar-refractivity contribution in [1.29, 1.82) is 5.26 Å². The lowest BCUT2D eigenvalue weighted by Crippen LogP contribution is -2.32. The number of nitrogens with one attached hydrogen (secondary N) is 2. The topological polar surface area (TPSA) is 88.5 Å². The number of amides is 3. The van der Waals surface area contributed by atoms with Gasteiger partial charge in [-0.05, 0) is 63.1 Å². The molecule has 0 saturated carbocycles. The van der Waals surface area contributed by atoms with Crippen molar-refractivity contribution in [3.8, 4) is 6.07 Å². The molecule has 1 aliphatic heterocycles. The van der Waals surface area contributed by atoms with Gasteiger partial charge in [-0.1, -0.05) is 6.07 Å². The molecule has 0 bridgehead atoms. The Balaban J connectivity index is 1.82. The monoisotopic (exact) mass is 405 g/mol. The summed E-state index contributed by atoms with van der Waals surface area (Å²) in [4.78, 5) is 29.6. The predicted molar refractivity (Wildman–Crippen MR) is 119 cm³/mol. The van der Waals surface area contributed by atoms with Crippen LogP contribution in [0.1, 0.15) is 42.6 Å². The Hall–Kier alpha value is -3.53. The Morgan fingerprint density at radius 1 is 1.03 bits per heavy atom. The summed E-state index contributed by atoms with van der Waals surface area (Å²) in [6.45, 7) is 7.04. The number of nitrogens with zero attached hydrogens (tertiary/aromatic N) is 3. The van der Waals surface area contributed by atoms with Gasteiger partial charge in [0.05, 0.1) is 17.2 Å². The molecule has 2 aromatic rings. The molecule has 7 heteroatoms. The van der Waals surface area contributed by atoms with Gasteiger partial charge in [0.2, 0.25) is 0 Å². The Morgan fingerprint density at radius 3 is 2.33 bits per heavy atom. The van der Waals surface area contributed by atoms with Crippen LogP contribution < -0.4 is 15.5 Å². The molecule has 0 atom stereocenters. The van der Waals surface area contributed by atoms with Crippen molar-refractivity contribution < 1.29 is 9.59 Å². The zero-order valence-electron chi connectivity index (χ0n) is 17.4. The van der Waals surface area contributed by atoms with Crippen LogP contribution in [0.3, 0.4) is 0 Å². The minimum atomic E-state index is -0.430. The van der Waals surface area contributed by atoms with Crippen LogP contribution in [-0.4, -0.2) is 43.0 Å². The number of hydrogen-bond acceptors (Lipinski definition) is 4. The number of anilines is 3. The summed E-state index contributed by atoms with van der Waals surface area (Å²) < 4.78 is 0. The molecule has 30 heavy (non-hydrogen) atoms. The summed E-state index contributed by atoms with van der Waals surface area (Å²) in [5, 5.41) is 14.5. The van der Waals surface area contributed by atoms with E-state index in [9.17, 15) is 9.59 Å². The van der Waals surface area contributed by atoms with Crippen LogP contribution in [0, 0.1) is 11.3 Å². The summed E-state index contributed by atoms with van der Waals surface area (Å²) in [7, 11) is 0. The van der Waals surface area contributed by atoms with Gasteiger partial charge in [0, 0.05) is 43.2 Å². The van der Waals surface area contributed by atoms with E-state index in [2.05, 4.69) is 15.5 Å². The van der Waals surface area contributed by atoms with E-state index in [0.717, 1.165) is 31.6 Å². The maximum Gasteiger partial charge on any atom is 0.323 e. The van der Waals surface area contributed by atoms with E-state index >= 15 is 0 Å². The van der Waals surface area contributed by atoms with Gasteiger partial charge < -0.3 is 20.4 Å². The Bertz CT molecular complexity index is 956. The van der Waals surface area contributed by atoms with E-state index in [1.807, 2.05) is 32.0 Å². The third kappa shape index (κ3) is 4.90. The van der Waals surface area contributed by atoms with Crippen LogP contribution in [0.4, 0.5) is 21.9 Å². The standard InChI is InChI=1S/C23H27N5O2/c1-3-27(4-2)22(29)20-15-19(10-11-21(20)28-12-5-6-13-28)26-23(30)25-18-9-7-8-17(14-18)16-24/h7-11,14-15H,3-6,12-13H2,1-2H3,(H2,25,26,30). The second-order valence-corrected chi connectivity index (χ2v) is 7.18. The molecular weight excluding hydrogens is 378 g/mol. The van der Waals surface area contributed by atoms with Crippen molar-refractivity contribution in [1.82, 2.24) is 4.90 Å². The van der Waals surface area contributed by atoms with Crippen LogP contribution in [-0.2, 0) is 0 Å². The molecule has 0 spiro atoms. The van der Waals surface area contributed by atoms with Gasteiger partial charge in [-0.15, -0.1) is 0 Å². The quantitative estimate of drug-likeness (QED) is 0.751. The van der Waals surface area contributed by atoms with E-state index in [1.165, 1.54) is 0 Å². The van der Waals surface area contributed by atoms with Gasteiger partial charge in [-0.25, -0.2) is 4.79 Å². The zero-order valence-corrected chi connectivity index (χ0v) is 17.4. The van der Waals surface area contributed by atoms with E-state index in [1.54, 1.807) is 35.2 Å². The fourth-order valence-corrected chi connectivity index (χ4v) is 3.66. The zero-order chi connectivity index (χ0) is 21.5. The lowest BCUT2D eigenvalue weighted by Gasteiger charge is -2.25. The lowest BCUT2D eigenvalue weighted by atomic mass is 10.1. The van der Waals surface area contributed by atoms with Gasteiger partial charge in [0.25, 0.3) is 5.91 Å². The predicted octanol–water partition coefficient (Wildman–Crippen LogP) is 4.28. The summed E-state index contributed by atoms with van der Waals surface area (Å²) >= 11 is 0. The normalized spacial score (nSPS) is 12.9. The van der Waals surface area contributed by atoms with Crippen LogP contribution >= 0.6 is 0 Å². The highest BCUT2D eigenvalue weighted by molar-refractivity contribution is 6.04. The van der Waals surface area contributed by atoms with Gasteiger partial charge in [0.1, 0.15) is 0 Å². The summed E-state index contributed by atoms with van der Waals surface area (Å²) in [6.07, 6.45) is 2.23. The Labute approximate surface area is 177 Å². The molecule has 2 N–H and O–H groups in total. The molecule has 1 fully saturated rings. The highest BCUT2D eigenvalue weighted by Gasteiger charge is 2.23.